The van der Waals surface area contributed by atoms with E-state index in [1.54, 1.807) is 31.4 Å². The predicted molar refractivity (Wildman–Crippen MR) is 88.4 cm³/mol. The van der Waals surface area contributed by atoms with Gasteiger partial charge in [-0.25, -0.2) is 4.79 Å². The van der Waals surface area contributed by atoms with Crippen molar-refractivity contribution in [1.29, 1.82) is 0 Å². The minimum Gasteiger partial charge on any atom is -0.497 e. The molecule has 0 aliphatic rings. The summed E-state index contributed by atoms with van der Waals surface area (Å²) < 4.78 is 10.5. The largest absolute Gasteiger partial charge is 0.497 e. The molecule has 1 N–H and O–H groups in total. The van der Waals surface area contributed by atoms with Crippen molar-refractivity contribution < 1.29 is 14.3 Å². The average Bonchev–Trinajstić information content (AvgIpc) is 2.59. The highest BCUT2D eigenvalue weighted by Gasteiger charge is 2.08. The molecule has 4 nitrogen and oxygen atoms in total. The highest BCUT2D eigenvalue weighted by Crippen LogP contribution is 2.23. The lowest BCUT2D eigenvalue weighted by Gasteiger charge is -2.04. The highest BCUT2D eigenvalue weighted by atomic mass is 16.5. The average molecular weight is 306 g/mol. The molecule has 3 rings (SSSR count). The van der Waals surface area contributed by atoms with E-state index in [-0.39, 0.29) is 6.61 Å². The molecular weight excluding hydrogens is 292 g/mol. The van der Waals surface area contributed by atoms with Crippen LogP contribution in [0.1, 0.15) is 5.56 Å². The monoisotopic (exact) mass is 306 g/mol. The minimum absolute atomic E-state index is 0.210. The summed E-state index contributed by atoms with van der Waals surface area (Å²) in [7, 11) is 1.59. The van der Waals surface area contributed by atoms with E-state index >= 15 is 0 Å². The summed E-state index contributed by atoms with van der Waals surface area (Å²) in [6.45, 7) is -0.210. The van der Waals surface area contributed by atoms with Crippen LogP contribution < -0.4 is 10.4 Å². The molecule has 114 valence electrons. The Kier molecular flexibility index (Phi) is 4.13. The molecule has 0 unspecified atom stereocenters. The van der Waals surface area contributed by atoms with E-state index in [0.29, 0.717) is 16.7 Å². The normalized spacial score (nSPS) is 10.2. The maximum Gasteiger partial charge on any atom is 0.344 e. The van der Waals surface area contributed by atoms with Crippen LogP contribution in [-0.2, 0) is 0 Å². The van der Waals surface area contributed by atoms with Gasteiger partial charge in [0.05, 0.1) is 12.7 Å². The SMILES string of the molecule is COc1ccc(-c2cc3ccc(C#CCO)cc3oc2=O)cc1. The smallest absolute Gasteiger partial charge is 0.344 e. The lowest BCUT2D eigenvalue weighted by molar-refractivity contribution is 0.350. The Morgan fingerprint density at radius 2 is 1.91 bits per heavy atom. The number of benzene rings is 2. The van der Waals surface area contributed by atoms with Crippen LogP contribution in [0.3, 0.4) is 0 Å². The topological polar surface area (TPSA) is 59.7 Å². The second kappa shape index (κ2) is 6.39. The third-order valence-corrected chi connectivity index (χ3v) is 3.45. The first-order valence-corrected chi connectivity index (χ1v) is 7.03. The summed E-state index contributed by atoms with van der Waals surface area (Å²) in [5, 5.41) is 9.54. The Hall–Kier alpha value is -3.03. The second-order valence-electron chi connectivity index (χ2n) is 4.89. The third-order valence-electron chi connectivity index (χ3n) is 3.45. The molecule has 0 aliphatic heterocycles. The number of hydrogen-bond acceptors (Lipinski definition) is 4. The van der Waals surface area contributed by atoms with Crippen LogP contribution in [0.2, 0.25) is 0 Å². The molecular formula is C19H14O4. The number of methoxy groups -OCH3 is 1. The first kappa shape index (κ1) is 14.9. The Labute approximate surface area is 133 Å². The fourth-order valence-electron chi connectivity index (χ4n) is 2.30. The van der Waals surface area contributed by atoms with E-state index in [4.69, 9.17) is 14.3 Å². The van der Waals surface area contributed by atoms with Gasteiger partial charge >= 0.3 is 5.63 Å². The van der Waals surface area contributed by atoms with Crippen LogP contribution >= 0.6 is 0 Å². The standard InChI is InChI=1S/C19H14O4/c1-22-16-8-6-14(7-9-16)17-12-15-5-4-13(3-2-10-20)11-18(15)23-19(17)21/h4-9,11-12,20H,10H2,1H3. The zero-order valence-corrected chi connectivity index (χ0v) is 12.5. The van der Waals surface area contributed by atoms with Gasteiger partial charge in [0.1, 0.15) is 17.9 Å². The summed E-state index contributed by atoms with van der Waals surface area (Å²) in [6.07, 6.45) is 0. The van der Waals surface area contributed by atoms with Gasteiger partial charge in [-0.05, 0) is 42.0 Å². The molecule has 0 saturated heterocycles. The van der Waals surface area contributed by atoms with Gasteiger partial charge in [-0.2, -0.15) is 0 Å². The zero-order chi connectivity index (χ0) is 16.2. The molecule has 0 saturated carbocycles. The van der Waals surface area contributed by atoms with Crippen molar-refractivity contribution in [2.75, 3.05) is 13.7 Å². The fourth-order valence-corrected chi connectivity index (χ4v) is 2.30. The van der Waals surface area contributed by atoms with Gasteiger partial charge in [0.15, 0.2) is 0 Å². The van der Waals surface area contributed by atoms with Gasteiger partial charge in [-0.15, -0.1) is 0 Å². The Morgan fingerprint density at radius 3 is 2.61 bits per heavy atom. The van der Waals surface area contributed by atoms with Gasteiger partial charge in [0.2, 0.25) is 0 Å². The number of rotatable bonds is 2. The molecule has 4 heteroatoms. The Morgan fingerprint density at radius 1 is 1.13 bits per heavy atom. The molecule has 1 heterocycles. The van der Waals surface area contributed by atoms with Crippen LogP contribution in [0.25, 0.3) is 22.1 Å². The van der Waals surface area contributed by atoms with Crippen molar-refractivity contribution in [3.8, 4) is 28.7 Å². The summed E-state index contributed by atoms with van der Waals surface area (Å²) in [6, 6.07) is 14.4. The molecule has 0 atom stereocenters. The number of aliphatic hydroxyl groups is 1. The Balaban J connectivity index is 2.08. The molecule has 23 heavy (non-hydrogen) atoms. The molecule has 0 amide bonds. The first-order chi connectivity index (χ1) is 11.2. The fraction of sp³-hybridized carbons (Fsp3) is 0.105. The lowest BCUT2D eigenvalue weighted by atomic mass is 10.1. The summed E-state index contributed by atoms with van der Waals surface area (Å²) >= 11 is 0. The van der Waals surface area contributed by atoms with E-state index in [2.05, 4.69) is 11.8 Å². The van der Waals surface area contributed by atoms with Crippen molar-refractivity contribution in [3.63, 3.8) is 0 Å². The first-order valence-electron chi connectivity index (χ1n) is 7.03. The lowest BCUT2D eigenvalue weighted by Crippen LogP contribution is -2.02. The maximum absolute atomic E-state index is 12.2. The van der Waals surface area contributed by atoms with Gasteiger partial charge < -0.3 is 14.3 Å². The predicted octanol–water partition coefficient (Wildman–Crippen LogP) is 2.81. The molecule has 1 aromatic heterocycles. The molecule has 2 aromatic carbocycles. The van der Waals surface area contributed by atoms with E-state index in [0.717, 1.165) is 16.7 Å². The van der Waals surface area contributed by atoms with Crippen molar-refractivity contribution in [1.82, 2.24) is 0 Å². The van der Waals surface area contributed by atoms with E-state index in [1.807, 2.05) is 24.3 Å². The maximum atomic E-state index is 12.2. The van der Waals surface area contributed by atoms with Gasteiger partial charge in [-0.3, -0.25) is 0 Å². The highest BCUT2D eigenvalue weighted by molar-refractivity contribution is 5.82. The quantitative estimate of drug-likeness (QED) is 0.584. The van der Waals surface area contributed by atoms with Crippen molar-refractivity contribution >= 4 is 11.0 Å². The summed E-state index contributed by atoms with van der Waals surface area (Å²) in [5.41, 5.74) is 2.01. The molecule has 0 radical (unpaired) electrons. The van der Waals surface area contributed by atoms with Crippen LogP contribution in [-0.4, -0.2) is 18.8 Å². The molecule has 0 bridgehead atoms. The number of fused-ring (bicyclic) bond motifs is 1. The summed E-state index contributed by atoms with van der Waals surface area (Å²) in [5.74, 6) is 6.08. The van der Waals surface area contributed by atoms with Gasteiger partial charge in [0.25, 0.3) is 0 Å². The van der Waals surface area contributed by atoms with Crippen molar-refractivity contribution in [2.45, 2.75) is 0 Å². The third kappa shape index (κ3) is 3.10. The van der Waals surface area contributed by atoms with Crippen LogP contribution in [0.5, 0.6) is 5.75 Å². The van der Waals surface area contributed by atoms with Crippen LogP contribution in [0.15, 0.2) is 57.7 Å². The van der Waals surface area contributed by atoms with E-state index < -0.39 is 5.63 Å². The molecule has 0 spiro atoms. The number of hydrogen-bond donors (Lipinski definition) is 1. The van der Waals surface area contributed by atoms with Crippen LogP contribution in [0.4, 0.5) is 0 Å². The Bertz CT molecular complexity index is 957. The van der Waals surface area contributed by atoms with E-state index in [1.165, 1.54) is 0 Å². The van der Waals surface area contributed by atoms with Gasteiger partial charge in [0, 0.05) is 10.9 Å². The minimum atomic E-state index is -0.407. The second-order valence-corrected chi connectivity index (χ2v) is 4.89. The molecule has 0 fully saturated rings. The number of aliphatic hydroxyl groups excluding tert-OH is 1. The summed E-state index contributed by atoms with van der Waals surface area (Å²) in [4.78, 5) is 12.2. The number of ether oxygens (including phenoxy) is 1. The molecule has 3 aromatic rings. The van der Waals surface area contributed by atoms with E-state index in [9.17, 15) is 4.79 Å². The van der Waals surface area contributed by atoms with Crippen molar-refractivity contribution in [2.24, 2.45) is 0 Å². The zero-order valence-electron chi connectivity index (χ0n) is 12.5. The molecule has 0 aliphatic carbocycles. The van der Waals surface area contributed by atoms with Gasteiger partial charge in [-0.1, -0.05) is 24.0 Å². The van der Waals surface area contributed by atoms with Crippen LogP contribution in [0, 0.1) is 11.8 Å². The van der Waals surface area contributed by atoms with Crippen molar-refractivity contribution in [3.05, 3.63) is 64.5 Å².